The van der Waals surface area contributed by atoms with Gasteiger partial charge in [-0.2, -0.15) is 0 Å². The molecule has 0 spiro atoms. The van der Waals surface area contributed by atoms with E-state index in [-0.39, 0.29) is 11.9 Å². The van der Waals surface area contributed by atoms with Crippen LogP contribution in [0.3, 0.4) is 0 Å². The lowest BCUT2D eigenvalue weighted by atomic mass is 9.91. The summed E-state index contributed by atoms with van der Waals surface area (Å²) in [6, 6.07) is 11.2. The van der Waals surface area contributed by atoms with E-state index in [4.69, 9.17) is 4.74 Å². The first-order valence-corrected chi connectivity index (χ1v) is 11.7. The number of rotatable bonds is 7. The van der Waals surface area contributed by atoms with Gasteiger partial charge in [0.05, 0.1) is 25.8 Å². The average molecular weight is 400 g/mol. The van der Waals surface area contributed by atoms with Crippen LogP contribution in [0, 0.1) is 5.92 Å². The first kappa shape index (κ1) is 20.8. The Morgan fingerprint density at radius 1 is 1.00 bits per heavy atom. The fraction of sp³-hybridized carbons (Fsp3) is 0.708. The minimum absolute atomic E-state index is 0.161. The lowest BCUT2D eigenvalue weighted by molar-refractivity contribution is -0.124. The first-order chi connectivity index (χ1) is 14.3. The Morgan fingerprint density at radius 2 is 1.72 bits per heavy atom. The fourth-order valence-electron chi connectivity index (χ4n) is 5.38. The molecule has 2 aliphatic heterocycles. The van der Waals surface area contributed by atoms with E-state index >= 15 is 0 Å². The van der Waals surface area contributed by atoms with Crippen LogP contribution in [0.2, 0.25) is 0 Å². The summed E-state index contributed by atoms with van der Waals surface area (Å²) < 4.78 is 5.50. The van der Waals surface area contributed by atoms with E-state index in [0.29, 0.717) is 18.5 Å². The van der Waals surface area contributed by atoms with Crippen LogP contribution in [-0.2, 0) is 9.53 Å². The van der Waals surface area contributed by atoms with Crippen molar-refractivity contribution in [3.63, 3.8) is 0 Å². The summed E-state index contributed by atoms with van der Waals surface area (Å²) in [5.41, 5.74) is 1.26. The van der Waals surface area contributed by atoms with E-state index < -0.39 is 0 Å². The maximum Gasteiger partial charge on any atom is 0.234 e. The third kappa shape index (κ3) is 5.80. The molecule has 4 rings (SSSR count). The number of hydrogen-bond acceptors (Lipinski definition) is 4. The van der Waals surface area contributed by atoms with Crippen LogP contribution in [0.4, 0.5) is 0 Å². The predicted octanol–water partition coefficient (Wildman–Crippen LogP) is 3.22. The third-order valence-corrected chi connectivity index (χ3v) is 7.01. The fourth-order valence-corrected chi connectivity index (χ4v) is 5.38. The highest BCUT2D eigenvalue weighted by molar-refractivity contribution is 5.78. The van der Waals surface area contributed by atoms with Gasteiger partial charge in [0.25, 0.3) is 0 Å². The quantitative estimate of drug-likeness (QED) is 0.765. The summed E-state index contributed by atoms with van der Waals surface area (Å²) in [6.07, 6.45) is 8.72. The van der Waals surface area contributed by atoms with Gasteiger partial charge in [0, 0.05) is 25.7 Å². The molecule has 2 atom stereocenters. The van der Waals surface area contributed by atoms with Gasteiger partial charge >= 0.3 is 0 Å². The van der Waals surface area contributed by atoms with Crippen LogP contribution in [0.15, 0.2) is 30.3 Å². The summed E-state index contributed by atoms with van der Waals surface area (Å²) in [5.74, 6) is 0.770. The van der Waals surface area contributed by atoms with E-state index in [1.165, 1.54) is 50.5 Å². The normalized spacial score (nSPS) is 25.7. The van der Waals surface area contributed by atoms with E-state index in [0.717, 1.165) is 39.4 Å². The van der Waals surface area contributed by atoms with Crippen molar-refractivity contribution in [1.29, 1.82) is 0 Å². The van der Waals surface area contributed by atoms with Crippen molar-refractivity contribution in [2.45, 2.75) is 57.0 Å². The number of carbonyl (C=O) groups is 1. The van der Waals surface area contributed by atoms with Crippen LogP contribution in [0.1, 0.15) is 56.6 Å². The molecular weight excluding hydrogens is 362 g/mol. The van der Waals surface area contributed by atoms with Crippen LogP contribution >= 0.6 is 0 Å². The zero-order valence-electron chi connectivity index (χ0n) is 17.7. The minimum Gasteiger partial charge on any atom is -0.379 e. The monoisotopic (exact) mass is 399 g/mol. The molecule has 29 heavy (non-hydrogen) atoms. The molecule has 1 N–H and O–H groups in total. The van der Waals surface area contributed by atoms with E-state index in [9.17, 15) is 4.79 Å². The lowest BCUT2D eigenvalue weighted by Gasteiger charge is -2.39. The molecule has 1 aliphatic carbocycles. The van der Waals surface area contributed by atoms with Crippen LogP contribution in [0.25, 0.3) is 0 Å². The van der Waals surface area contributed by atoms with Crippen molar-refractivity contribution >= 4 is 5.91 Å². The largest absolute Gasteiger partial charge is 0.379 e. The summed E-state index contributed by atoms with van der Waals surface area (Å²) >= 11 is 0. The van der Waals surface area contributed by atoms with Crippen LogP contribution in [-0.4, -0.2) is 67.7 Å². The summed E-state index contributed by atoms with van der Waals surface area (Å²) in [6.45, 7) is 6.37. The maximum absolute atomic E-state index is 13.1. The van der Waals surface area contributed by atoms with Crippen molar-refractivity contribution in [3.8, 4) is 0 Å². The van der Waals surface area contributed by atoms with Crippen molar-refractivity contribution in [3.05, 3.63) is 35.9 Å². The number of nitrogens with zero attached hydrogens (tertiary/aromatic N) is 2. The summed E-state index contributed by atoms with van der Waals surface area (Å²) in [7, 11) is 0. The number of carbonyl (C=O) groups excluding carboxylic acids is 1. The molecule has 2 saturated heterocycles. The van der Waals surface area contributed by atoms with E-state index in [2.05, 4.69) is 45.4 Å². The molecule has 160 valence electrons. The highest BCUT2D eigenvalue weighted by Crippen LogP contribution is 2.35. The van der Waals surface area contributed by atoms with Gasteiger partial charge in [0.15, 0.2) is 0 Å². The van der Waals surface area contributed by atoms with E-state index in [1.54, 1.807) is 0 Å². The highest BCUT2D eigenvalue weighted by atomic mass is 16.5. The van der Waals surface area contributed by atoms with Gasteiger partial charge in [-0.15, -0.1) is 0 Å². The van der Waals surface area contributed by atoms with Gasteiger partial charge < -0.3 is 10.1 Å². The Balaban J connectivity index is 1.36. The molecule has 1 aromatic carbocycles. The molecular formula is C24H37N3O2. The number of amides is 1. The lowest BCUT2D eigenvalue weighted by Crippen LogP contribution is -2.52. The predicted molar refractivity (Wildman–Crippen MR) is 116 cm³/mol. The Morgan fingerprint density at radius 3 is 2.48 bits per heavy atom. The number of nitrogens with one attached hydrogen (secondary N) is 1. The molecule has 3 aliphatic rings. The molecule has 0 radical (unpaired) electrons. The summed E-state index contributed by atoms with van der Waals surface area (Å²) in [4.78, 5) is 18.0. The van der Waals surface area contributed by atoms with Gasteiger partial charge in [0.1, 0.15) is 0 Å². The number of ether oxygens (including phenoxy) is 1. The molecule has 3 fully saturated rings. The third-order valence-electron chi connectivity index (χ3n) is 7.01. The standard InChI is InChI=1S/C24H37N3O2/c28-23(25-24(21-10-4-5-11-21)20-8-2-1-3-9-20)19-27-13-7-6-12-22(27)18-26-14-16-29-17-15-26/h1-3,8-9,21-22,24H,4-7,10-19H2,(H,25,28). The number of benzene rings is 1. The molecule has 5 heteroatoms. The number of morpholine rings is 1. The van der Waals surface area contributed by atoms with Gasteiger partial charge in [-0.3, -0.25) is 14.6 Å². The molecule has 1 aromatic rings. The van der Waals surface area contributed by atoms with Gasteiger partial charge in [-0.1, -0.05) is 49.6 Å². The van der Waals surface area contributed by atoms with Crippen LogP contribution in [0.5, 0.6) is 0 Å². The minimum atomic E-state index is 0.161. The first-order valence-electron chi connectivity index (χ1n) is 11.7. The van der Waals surface area contributed by atoms with Crippen molar-refractivity contribution in [2.75, 3.05) is 45.9 Å². The van der Waals surface area contributed by atoms with Crippen LogP contribution < -0.4 is 5.32 Å². The topological polar surface area (TPSA) is 44.8 Å². The number of likely N-dealkylation sites (tertiary alicyclic amines) is 1. The Bertz CT molecular complexity index is 626. The van der Waals surface area contributed by atoms with Gasteiger partial charge in [-0.25, -0.2) is 0 Å². The second-order valence-electron chi connectivity index (χ2n) is 9.03. The Labute approximate surface area is 175 Å². The zero-order chi connectivity index (χ0) is 19.9. The molecule has 1 saturated carbocycles. The van der Waals surface area contributed by atoms with E-state index in [1.807, 2.05) is 0 Å². The number of piperidine rings is 1. The molecule has 2 unspecified atom stereocenters. The molecule has 0 bridgehead atoms. The molecule has 1 amide bonds. The second-order valence-corrected chi connectivity index (χ2v) is 9.03. The number of hydrogen-bond donors (Lipinski definition) is 1. The average Bonchev–Trinajstić information content (AvgIpc) is 3.29. The second kappa shape index (κ2) is 10.6. The van der Waals surface area contributed by atoms with Crippen molar-refractivity contribution in [1.82, 2.24) is 15.1 Å². The SMILES string of the molecule is O=C(CN1CCCCC1CN1CCOCC1)NC(c1ccccc1)C1CCCC1. The maximum atomic E-state index is 13.1. The highest BCUT2D eigenvalue weighted by Gasteiger charge is 2.30. The molecule has 5 nitrogen and oxygen atoms in total. The van der Waals surface area contributed by atoms with Gasteiger partial charge in [-0.05, 0) is 43.7 Å². The molecule has 2 heterocycles. The smallest absolute Gasteiger partial charge is 0.234 e. The summed E-state index contributed by atoms with van der Waals surface area (Å²) in [5, 5.41) is 3.43. The zero-order valence-corrected chi connectivity index (χ0v) is 17.7. The molecule has 0 aromatic heterocycles. The van der Waals surface area contributed by atoms with Crippen molar-refractivity contribution in [2.24, 2.45) is 5.92 Å². The van der Waals surface area contributed by atoms with Gasteiger partial charge in [0.2, 0.25) is 5.91 Å². The Kier molecular flexibility index (Phi) is 7.58. The van der Waals surface area contributed by atoms with Crippen molar-refractivity contribution < 1.29 is 9.53 Å². The Hall–Kier alpha value is -1.43.